The summed E-state index contributed by atoms with van der Waals surface area (Å²) in [4.78, 5) is 27.4. The van der Waals surface area contributed by atoms with Gasteiger partial charge in [0.15, 0.2) is 0 Å². The first-order valence-electron chi connectivity index (χ1n) is 10.7. The molecule has 1 fully saturated rings. The van der Waals surface area contributed by atoms with E-state index in [1.807, 2.05) is 24.1 Å². The van der Waals surface area contributed by atoms with Gasteiger partial charge in [0.1, 0.15) is 5.75 Å². The van der Waals surface area contributed by atoms with E-state index in [-0.39, 0.29) is 11.8 Å². The summed E-state index contributed by atoms with van der Waals surface area (Å²) in [6, 6.07) is 7.23. The Kier molecular flexibility index (Phi) is 6.25. The van der Waals surface area contributed by atoms with Gasteiger partial charge in [-0.15, -0.1) is 0 Å². The van der Waals surface area contributed by atoms with E-state index >= 15 is 0 Å². The predicted molar refractivity (Wildman–Crippen MR) is 120 cm³/mol. The highest BCUT2D eigenvalue weighted by molar-refractivity contribution is 6.05. The van der Waals surface area contributed by atoms with Gasteiger partial charge in [0.25, 0.3) is 11.8 Å². The van der Waals surface area contributed by atoms with E-state index in [0.717, 1.165) is 24.3 Å². The molecule has 1 aromatic carbocycles. The van der Waals surface area contributed by atoms with E-state index in [1.165, 1.54) is 0 Å². The number of likely N-dealkylation sites (tertiary alicyclic amines) is 1. The number of hydrogen-bond acceptors (Lipinski definition) is 5. The molecular weight excluding hydrogens is 408 g/mol. The largest absolute Gasteiger partial charge is 0.497 e. The number of carbonyl (C=O) groups is 2. The molecule has 9 nitrogen and oxygen atoms in total. The first-order valence-corrected chi connectivity index (χ1v) is 10.7. The number of carbonyl (C=O) groups excluding carboxylic acids is 2. The van der Waals surface area contributed by atoms with Crippen molar-refractivity contribution in [2.24, 2.45) is 20.0 Å². The molecule has 4 rings (SSSR count). The Morgan fingerprint density at radius 3 is 2.44 bits per heavy atom. The maximum atomic E-state index is 12.9. The normalized spacial score (nSPS) is 14.4. The second-order valence-corrected chi connectivity index (χ2v) is 8.19. The zero-order valence-corrected chi connectivity index (χ0v) is 18.6. The molecule has 0 bridgehead atoms. The molecule has 3 heterocycles. The van der Waals surface area contributed by atoms with Crippen LogP contribution < -0.4 is 10.1 Å². The number of piperidine rings is 1. The number of aryl methyl sites for hydroxylation is 2. The van der Waals surface area contributed by atoms with Crippen molar-refractivity contribution in [2.45, 2.75) is 19.3 Å². The maximum Gasteiger partial charge on any atom is 0.259 e. The number of amides is 2. The number of nitrogens with one attached hydrogen (secondary N) is 1. The number of anilines is 1. The Labute approximate surface area is 187 Å². The maximum absolute atomic E-state index is 12.9. The van der Waals surface area contributed by atoms with Gasteiger partial charge < -0.3 is 15.0 Å². The zero-order chi connectivity index (χ0) is 22.7. The van der Waals surface area contributed by atoms with E-state index in [0.29, 0.717) is 42.2 Å². The molecule has 2 aromatic heterocycles. The van der Waals surface area contributed by atoms with Crippen LogP contribution in [-0.4, -0.2) is 56.5 Å². The third kappa shape index (κ3) is 4.82. The standard InChI is InChI=1S/C23H28N6O3/c1-27-14-17(13-24-27)23(31)29-10-8-16(9-11-29)12-21-20(15-28(2)26-21)22(30)25-18-4-6-19(32-3)7-5-18/h4-7,13-16H,8-12H2,1-3H3,(H,25,30). The van der Waals surface area contributed by atoms with Crippen molar-refractivity contribution in [1.29, 1.82) is 0 Å². The molecular formula is C23H28N6O3. The average Bonchev–Trinajstić information content (AvgIpc) is 3.39. The zero-order valence-electron chi connectivity index (χ0n) is 18.6. The van der Waals surface area contributed by atoms with Crippen molar-refractivity contribution in [2.75, 3.05) is 25.5 Å². The third-order valence-electron chi connectivity index (χ3n) is 5.83. The van der Waals surface area contributed by atoms with Gasteiger partial charge in [-0.3, -0.25) is 19.0 Å². The Morgan fingerprint density at radius 2 is 1.81 bits per heavy atom. The lowest BCUT2D eigenvalue weighted by atomic mass is 9.91. The minimum atomic E-state index is -0.178. The first kappa shape index (κ1) is 21.6. The molecule has 1 aliphatic rings. The van der Waals surface area contributed by atoms with Crippen LogP contribution in [0.25, 0.3) is 0 Å². The minimum absolute atomic E-state index is 0.0222. The quantitative estimate of drug-likeness (QED) is 0.641. The fraction of sp³-hybridized carbons (Fsp3) is 0.391. The highest BCUT2D eigenvalue weighted by Gasteiger charge is 2.26. The lowest BCUT2D eigenvalue weighted by Gasteiger charge is -2.31. The topological polar surface area (TPSA) is 94.3 Å². The van der Waals surface area contributed by atoms with E-state index in [4.69, 9.17) is 4.74 Å². The summed E-state index contributed by atoms with van der Waals surface area (Å²) < 4.78 is 8.48. The Balaban J connectivity index is 1.37. The molecule has 0 unspecified atom stereocenters. The van der Waals surface area contributed by atoms with Gasteiger partial charge in [-0.05, 0) is 49.4 Å². The smallest absolute Gasteiger partial charge is 0.259 e. The molecule has 9 heteroatoms. The van der Waals surface area contributed by atoms with Gasteiger partial charge in [-0.25, -0.2) is 0 Å². The van der Waals surface area contributed by atoms with Crippen LogP contribution in [0.4, 0.5) is 5.69 Å². The lowest BCUT2D eigenvalue weighted by molar-refractivity contribution is 0.0690. The lowest BCUT2D eigenvalue weighted by Crippen LogP contribution is -2.38. The predicted octanol–water partition coefficient (Wildman–Crippen LogP) is 2.51. The number of ether oxygens (including phenoxy) is 1. The molecule has 0 radical (unpaired) electrons. The number of benzene rings is 1. The van der Waals surface area contributed by atoms with Crippen molar-refractivity contribution >= 4 is 17.5 Å². The van der Waals surface area contributed by atoms with E-state index < -0.39 is 0 Å². The first-order chi connectivity index (χ1) is 15.4. The van der Waals surface area contributed by atoms with Crippen LogP contribution in [0.3, 0.4) is 0 Å². The SMILES string of the molecule is COc1ccc(NC(=O)c2cn(C)nc2CC2CCN(C(=O)c3cnn(C)c3)CC2)cc1. The summed E-state index contributed by atoms with van der Waals surface area (Å²) >= 11 is 0. The Bertz CT molecular complexity index is 1090. The van der Waals surface area contributed by atoms with Crippen LogP contribution in [0.5, 0.6) is 5.75 Å². The van der Waals surface area contributed by atoms with Crippen molar-refractivity contribution in [3.63, 3.8) is 0 Å². The summed E-state index contributed by atoms with van der Waals surface area (Å²) in [5, 5.41) is 11.6. The van der Waals surface area contributed by atoms with Crippen molar-refractivity contribution < 1.29 is 14.3 Å². The van der Waals surface area contributed by atoms with Crippen LogP contribution in [0, 0.1) is 5.92 Å². The average molecular weight is 437 g/mol. The number of nitrogens with zero attached hydrogens (tertiary/aromatic N) is 5. The molecule has 1 saturated heterocycles. The van der Waals surface area contributed by atoms with Gasteiger partial charge in [0.2, 0.25) is 0 Å². The second kappa shape index (κ2) is 9.25. The monoisotopic (exact) mass is 436 g/mol. The van der Waals surface area contributed by atoms with Crippen LogP contribution in [0.15, 0.2) is 42.9 Å². The fourth-order valence-corrected chi connectivity index (χ4v) is 4.08. The Hall–Kier alpha value is -3.62. The molecule has 0 saturated carbocycles. The Morgan fingerprint density at radius 1 is 1.09 bits per heavy atom. The number of methoxy groups -OCH3 is 1. The van der Waals surface area contributed by atoms with Crippen molar-refractivity contribution in [3.05, 3.63) is 59.7 Å². The van der Waals surface area contributed by atoms with E-state index in [2.05, 4.69) is 15.5 Å². The van der Waals surface area contributed by atoms with Crippen LogP contribution >= 0.6 is 0 Å². The molecule has 0 spiro atoms. The number of aromatic nitrogens is 4. The van der Waals surface area contributed by atoms with Crippen molar-refractivity contribution in [1.82, 2.24) is 24.5 Å². The molecule has 2 amide bonds. The van der Waals surface area contributed by atoms with E-state index in [1.54, 1.807) is 54.2 Å². The van der Waals surface area contributed by atoms with Gasteiger partial charge in [0, 0.05) is 45.3 Å². The van der Waals surface area contributed by atoms with Gasteiger partial charge in [-0.2, -0.15) is 10.2 Å². The molecule has 3 aromatic rings. The van der Waals surface area contributed by atoms with Crippen LogP contribution in [0.1, 0.15) is 39.3 Å². The summed E-state index contributed by atoms with van der Waals surface area (Å²) in [5.41, 5.74) is 2.69. The minimum Gasteiger partial charge on any atom is -0.497 e. The van der Waals surface area contributed by atoms with Crippen LogP contribution in [0.2, 0.25) is 0 Å². The molecule has 1 N–H and O–H groups in total. The molecule has 168 valence electrons. The highest BCUT2D eigenvalue weighted by atomic mass is 16.5. The summed E-state index contributed by atoms with van der Waals surface area (Å²) in [5.74, 6) is 0.949. The van der Waals surface area contributed by atoms with Crippen LogP contribution in [-0.2, 0) is 20.5 Å². The van der Waals surface area contributed by atoms with E-state index in [9.17, 15) is 9.59 Å². The number of hydrogen-bond donors (Lipinski definition) is 1. The summed E-state index contributed by atoms with van der Waals surface area (Å²) in [6.07, 6.45) is 7.58. The molecule has 0 aliphatic carbocycles. The summed E-state index contributed by atoms with van der Waals surface area (Å²) in [6.45, 7) is 1.39. The second-order valence-electron chi connectivity index (χ2n) is 8.19. The molecule has 32 heavy (non-hydrogen) atoms. The van der Waals surface area contributed by atoms with Gasteiger partial charge in [0.05, 0.1) is 30.1 Å². The van der Waals surface area contributed by atoms with Crippen molar-refractivity contribution in [3.8, 4) is 5.75 Å². The highest BCUT2D eigenvalue weighted by Crippen LogP contribution is 2.24. The van der Waals surface area contributed by atoms with Gasteiger partial charge in [-0.1, -0.05) is 0 Å². The molecule has 1 aliphatic heterocycles. The fourth-order valence-electron chi connectivity index (χ4n) is 4.08. The number of rotatable bonds is 6. The summed E-state index contributed by atoms with van der Waals surface area (Å²) in [7, 11) is 5.23. The molecule has 0 atom stereocenters. The van der Waals surface area contributed by atoms with Gasteiger partial charge >= 0.3 is 0 Å². The third-order valence-corrected chi connectivity index (χ3v) is 5.83.